The summed E-state index contributed by atoms with van der Waals surface area (Å²) in [5, 5.41) is 7.44. The lowest BCUT2D eigenvalue weighted by Crippen LogP contribution is -2.09. The molecule has 2 aliphatic rings. The molecule has 1 aromatic rings. The van der Waals surface area contributed by atoms with Gasteiger partial charge >= 0.3 is 0 Å². The maximum atomic E-state index is 5.34. The van der Waals surface area contributed by atoms with Gasteiger partial charge in [0.25, 0.3) is 0 Å². The molecule has 3 heterocycles. The van der Waals surface area contributed by atoms with Crippen LogP contribution in [0.15, 0.2) is 4.52 Å². The van der Waals surface area contributed by atoms with Gasteiger partial charge in [-0.15, -0.1) is 0 Å². The Morgan fingerprint density at radius 2 is 2.44 bits per heavy atom. The fourth-order valence-corrected chi connectivity index (χ4v) is 3.67. The maximum Gasteiger partial charge on any atom is 0.226 e. The van der Waals surface area contributed by atoms with Crippen molar-refractivity contribution in [2.75, 3.05) is 24.6 Å². The van der Waals surface area contributed by atoms with E-state index in [0.29, 0.717) is 5.92 Å². The van der Waals surface area contributed by atoms with Crippen molar-refractivity contribution in [1.82, 2.24) is 15.5 Å². The molecule has 2 unspecified atom stereocenters. The molecule has 5 heteroatoms. The van der Waals surface area contributed by atoms with Gasteiger partial charge in [-0.05, 0) is 36.8 Å². The minimum absolute atomic E-state index is 0.468. The summed E-state index contributed by atoms with van der Waals surface area (Å²) in [4.78, 5) is 4.53. The van der Waals surface area contributed by atoms with Gasteiger partial charge in [-0.1, -0.05) is 5.16 Å². The highest BCUT2D eigenvalue weighted by Crippen LogP contribution is 2.27. The first-order valence-electron chi connectivity index (χ1n) is 6.03. The number of nitrogens with one attached hydrogen (secondary N) is 1. The number of thioether (sulfide) groups is 1. The summed E-state index contributed by atoms with van der Waals surface area (Å²) in [6, 6.07) is 0. The van der Waals surface area contributed by atoms with Crippen LogP contribution in [0.3, 0.4) is 0 Å². The van der Waals surface area contributed by atoms with E-state index in [2.05, 4.69) is 15.5 Å². The Morgan fingerprint density at radius 3 is 3.19 bits per heavy atom. The third kappa shape index (κ3) is 2.25. The molecule has 0 amide bonds. The first-order valence-corrected chi connectivity index (χ1v) is 7.18. The topological polar surface area (TPSA) is 51.0 Å². The average Bonchev–Trinajstić information content (AvgIpc) is 2.99. The Bertz CT molecular complexity index is 343. The van der Waals surface area contributed by atoms with Crippen LogP contribution >= 0.6 is 11.8 Å². The second-order valence-corrected chi connectivity index (χ2v) is 5.82. The van der Waals surface area contributed by atoms with Gasteiger partial charge in [-0.25, -0.2) is 0 Å². The fourth-order valence-electron chi connectivity index (χ4n) is 2.38. The van der Waals surface area contributed by atoms with E-state index in [1.54, 1.807) is 0 Å². The van der Waals surface area contributed by atoms with Gasteiger partial charge in [0, 0.05) is 18.9 Å². The molecule has 4 nitrogen and oxygen atoms in total. The van der Waals surface area contributed by atoms with Gasteiger partial charge in [0.15, 0.2) is 5.82 Å². The minimum atomic E-state index is 0.468. The number of aromatic nitrogens is 2. The molecule has 2 fully saturated rings. The lowest BCUT2D eigenvalue weighted by atomic mass is 10.1. The smallest absolute Gasteiger partial charge is 0.226 e. The molecule has 0 aliphatic carbocycles. The van der Waals surface area contributed by atoms with Crippen molar-refractivity contribution in [3.05, 3.63) is 11.7 Å². The molecule has 3 rings (SSSR count). The summed E-state index contributed by atoms with van der Waals surface area (Å²) in [6.07, 6.45) is 3.41. The van der Waals surface area contributed by atoms with Crippen LogP contribution in [0.25, 0.3) is 0 Å². The predicted octanol–water partition coefficient (Wildman–Crippen LogP) is 1.44. The molecule has 2 saturated heterocycles. The third-order valence-electron chi connectivity index (χ3n) is 3.40. The van der Waals surface area contributed by atoms with Crippen molar-refractivity contribution in [2.45, 2.75) is 25.2 Å². The van der Waals surface area contributed by atoms with Gasteiger partial charge in [0.05, 0.1) is 0 Å². The Balaban J connectivity index is 1.62. The highest BCUT2D eigenvalue weighted by atomic mass is 32.2. The fraction of sp³-hybridized carbons (Fsp3) is 0.818. The van der Waals surface area contributed by atoms with Crippen molar-refractivity contribution in [2.24, 2.45) is 5.92 Å². The molecule has 16 heavy (non-hydrogen) atoms. The molecular formula is C11H17N3OS. The molecule has 2 atom stereocenters. The first kappa shape index (κ1) is 10.6. The quantitative estimate of drug-likeness (QED) is 0.865. The standard InChI is InChI=1S/C11H17N3OS/c1-3-12-6-9(1)11-13-10(15-14-11)5-8-2-4-16-7-8/h8-9,12H,1-7H2. The van der Waals surface area contributed by atoms with Gasteiger partial charge < -0.3 is 9.84 Å². The van der Waals surface area contributed by atoms with Crippen LogP contribution in [0.5, 0.6) is 0 Å². The van der Waals surface area contributed by atoms with Gasteiger partial charge in [-0.2, -0.15) is 16.7 Å². The van der Waals surface area contributed by atoms with E-state index in [-0.39, 0.29) is 0 Å². The third-order valence-corrected chi connectivity index (χ3v) is 4.63. The average molecular weight is 239 g/mol. The first-order chi connectivity index (χ1) is 7.92. The number of hydrogen-bond acceptors (Lipinski definition) is 5. The van der Waals surface area contributed by atoms with E-state index >= 15 is 0 Å². The van der Waals surface area contributed by atoms with E-state index in [1.165, 1.54) is 17.9 Å². The second kappa shape index (κ2) is 4.75. The largest absolute Gasteiger partial charge is 0.339 e. The van der Waals surface area contributed by atoms with Gasteiger partial charge in [0.2, 0.25) is 5.89 Å². The van der Waals surface area contributed by atoms with Crippen LogP contribution in [0.4, 0.5) is 0 Å². The summed E-state index contributed by atoms with van der Waals surface area (Å²) in [5.74, 6) is 5.51. The molecule has 0 bridgehead atoms. The van der Waals surface area contributed by atoms with E-state index in [1.807, 2.05) is 11.8 Å². The minimum Gasteiger partial charge on any atom is -0.339 e. The molecular weight excluding hydrogens is 222 g/mol. The molecule has 0 aromatic carbocycles. The van der Waals surface area contributed by atoms with Crippen molar-refractivity contribution in [3.8, 4) is 0 Å². The van der Waals surface area contributed by atoms with Crippen LogP contribution < -0.4 is 5.32 Å². The van der Waals surface area contributed by atoms with E-state index in [0.717, 1.165) is 43.6 Å². The lowest BCUT2D eigenvalue weighted by Gasteiger charge is -2.02. The molecule has 1 aromatic heterocycles. The number of rotatable bonds is 3. The monoisotopic (exact) mass is 239 g/mol. The summed E-state index contributed by atoms with van der Waals surface area (Å²) in [7, 11) is 0. The van der Waals surface area contributed by atoms with Crippen LogP contribution in [0.2, 0.25) is 0 Å². The van der Waals surface area contributed by atoms with Crippen LogP contribution in [0, 0.1) is 5.92 Å². The molecule has 1 N–H and O–H groups in total. The van der Waals surface area contributed by atoms with E-state index in [9.17, 15) is 0 Å². The van der Waals surface area contributed by atoms with Crippen LogP contribution in [-0.2, 0) is 6.42 Å². The van der Waals surface area contributed by atoms with Crippen molar-refractivity contribution in [3.63, 3.8) is 0 Å². The zero-order valence-corrected chi connectivity index (χ0v) is 10.1. The SMILES string of the molecule is C1CC(c2noc(CC3CCSC3)n2)CN1. The second-order valence-electron chi connectivity index (χ2n) is 4.67. The molecule has 0 spiro atoms. The van der Waals surface area contributed by atoms with Crippen molar-refractivity contribution < 1.29 is 4.52 Å². The lowest BCUT2D eigenvalue weighted by molar-refractivity contribution is 0.353. The molecule has 0 saturated carbocycles. The summed E-state index contributed by atoms with van der Waals surface area (Å²) >= 11 is 2.03. The molecule has 0 radical (unpaired) electrons. The Morgan fingerprint density at radius 1 is 1.44 bits per heavy atom. The maximum absolute atomic E-state index is 5.34. The highest BCUT2D eigenvalue weighted by Gasteiger charge is 2.24. The predicted molar refractivity (Wildman–Crippen MR) is 63.7 cm³/mol. The van der Waals surface area contributed by atoms with Crippen LogP contribution in [0.1, 0.15) is 30.5 Å². The summed E-state index contributed by atoms with van der Waals surface area (Å²) < 4.78 is 5.34. The Kier molecular flexibility index (Phi) is 3.15. The Hall–Kier alpha value is -0.550. The highest BCUT2D eigenvalue weighted by molar-refractivity contribution is 7.99. The van der Waals surface area contributed by atoms with Gasteiger partial charge in [0.1, 0.15) is 0 Å². The van der Waals surface area contributed by atoms with E-state index in [4.69, 9.17) is 4.52 Å². The zero-order chi connectivity index (χ0) is 10.8. The zero-order valence-electron chi connectivity index (χ0n) is 9.32. The van der Waals surface area contributed by atoms with Crippen molar-refractivity contribution >= 4 is 11.8 Å². The van der Waals surface area contributed by atoms with Crippen molar-refractivity contribution in [1.29, 1.82) is 0 Å². The summed E-state index contributed by atoms with van der Waals surface area (Å²) in [5.41, 5.74) is 0. The van der Waals surface area contributed by atoms with Gasteiger partial charge in [-0.3, -0.25) is 0 Å². The normalized spacial score (nSPS) is 30.0. The van der Waals surface area contributed by atoms with Crippen LogP contribution in [-0.4, -0.2) is 34.7 Å². The Labute approximate surface area is 99.6 Å². The number of hydrogen-bond donors (Lipinski definition) is 1. The van der Waals surface area contributed by atoms with E-state index < -0.39 is 0 Å². The number of nitrogens with zero attached hydrogens (tertiary/aromatic N) is 2. The molecule has 2 aliphatic heterocycles. The summed E-state index contributed by atoms with van der Waals surface area (Å²) in [6.45, 7) is 2.08. The molecule has 88 valence electrons.